The molecule has 0 aromatic heterocycles. The van der Waals surface area contributed by atoms with E-state index >= 15 is 0 Å². The Labute approximate surface area is 116 Å². The Morgan fingerprint density at radius 2 is 2.05 bits per heavy atom. The van der Waals surface area contributed by atoms with Crippen LogP contribution in [0.1, 0.15) is 22.3 Å². The second kappa shape index (κ2) is 5.45. The first-order valence-corrected chi connectivity index (χ1v) is 6.32. The van der Waals surface area contributed by atoms with Crippen LogP contribution in [-0.4, -0.2) is 23.0 Å². The standard InChI is InChI=1S/C14H14ClNO3/c1-8-4-10(6-11(15)5-8)13(17)16-12-3-2-9(7-12)14(18)19/h2-6,9,12H,7H2,1H3,(H,16,17)(H,18,19). The molecule has 4 nitrogen and oxygen atoms in total. The van der Waals surface area contributed by atoms with E-state index < -0.39 is 11.9 Å². The minimum atomic E-state index is -0.869. The molecule has 0 fully saturated rings. The summed E-state index contributed by atoms with van der Waals surface area (Å²) in [6, 6.07) is 4.87. The van der Waals surface area contributed by atoms with Gasteiger partial charge >= 0.3 is 5.97 Å². The van der Waals surface area contributed by atoms with Crippen molar-refractivity contribution in [1.29, 1.82) is 0 Å². The summed E-state index contributed by atoms with van der Waals surface area (Å²) in [6.07, 6.45) is 3.71. The van der Waals surface area contributed by atoms with Crippen molar-refractivity contribution < 1.29 is 14.7 Å². The van der Waals surface area contributed by atoms with Gasteiger partial charge in [0.05, 0.1) is 5.92 Å². The van der Waals surface area contributed by atoms with Gasteiger partial charge in [-0.2, -0.15) is 0 Å². The molecular formula is C14H14ClNO3. The largest absolute Gasteiger partial charge is 0.481 e. The summed E-state index contributed by atoms with van der Waals surface area (Å²) in [4.78, 5) is 22.8. The molecule has 5 heteroatoms. The van der Waals surface area contributed by atoms with Gasteiger partial charge in [-0.15, -0.1) is 0 Å². The molecule has 19 heavy (non-hydrogen) atoms. The van der Waals surface area contributed by atoms with E-state index in [4.69, 9.17) is 16.7 Å². The van der Waals surface area contributed by atoms with Gasteiger partial charge in [0.15, 0.2) is 0 Å². The van der Waals surface area contributed by atoms with E-state index in [9.17, 15) is 9.59 Å². The number of aliphatic carboxylic acids is 1. The lowest BCUT2D eigenvalue weighted by atomic mass is 10.1. The van der Waals surface area contributed by atoms with E-state index in [2.05, 4.69) is 5.32 Å². The Morgan fingerprint density at radius 1 is 1.32 bits per heavy atom. The van der Waals surface area contributed by atoms with E-state index in [-0.39, 0.29) is 11.9 Å². The van der Waals surface area contributed by atoms with Crippen molar-refractivity contribution in [1.82, 2.24) is 5.32 Å². The SMILES string of the molecule is Cc1cc(Cl)cc(C(=O)NC2C=CC(C(=O)O)C2)c1. The van der Waals surface area contributed by atoms with Crippen LogP contribution in [0.3, 0.4) is 0 Å². The lowest BCUT2D eigenvalue weighted by Gasteiger charge is -2.12. The molecule has 2 unspecified atom stereocenters. The first-order chi connectivity index (χ1) is 8.95. The molecule has 2 atom stereocenters. The number of halogens is 1. The van der Waals surface area contributed by atoms with Gasteiger partial charge in [0.2, 0.25) is 0 Å². The molecule has 0 heterocycles. The second-order valence-corrected chi connectivity index (χ2v) is 5.10. The summed E-state index contributed by atoms with van der Waals surface area (Å²) in [7, 11) is 0. The highest BCUT2D eigenvalue weighted by molar-refractivity contribution is 6.31. The number of carboxylic acid groups (broad SMARTS) is 1. The van der Waals surface area contributed by atoms with E-state index in [1.165, 1.54) is 0 Å². The lowest BCUT2D eigenvalue weighted by molar-refractivity contribution is -0.140. The topological polar surface area (TPSA) is 66.4 Å². The predicted octanol–water partition coefficient (Wildman–Crippen LogP) is 2.41. The summed E-state index contributed by atoms with van der Waals surface area (Å²) in [5.41, 5.74) is 1.39. The third-order valence-electron chi connectivity index (χ3n) is 3.02. The molecule has 0 aliphatic heterocycles. The second-order valence-electron chi connectivity index (χ2n) is 4.66. The van der Waals surface area contributed by atoms with Crippen LogP contribution in [0.2, 0.25) is 5.02 Å². The van der Waals surface area contributed by atoms with Crippen molar-refractivity contribution in [3.63, 3.8) is 0 Å². The zero-order valence-corrected chi connectivity index (χ0v) is 11.1. The predicted molar refractivity (Wildman–Crippen MR) is 72.3 cm³/mol. The number of carboxylic acids is 1. The smallest absolute Gasteiger partial charge is 0.310 e. The Balaban J connectivity index is 2.02. The van der Waals surface area contributed by atoms with Gasteiger partial charge in [-0.3, -0.25) is 9.59 Å². The maximum absolute atomic E-state index is 12.0. The molecule has 0 saturated heterocycles. The Kier molecular flexibility index (Phi) is 3.90. The van der Waals surface area contributed by atoms with Gasteiger partial charge in [-0.05, 0) is 37.1 Å². The van der Waals surface area contributed by atoms with Gasteiger partial charge in [0.1, 0.15) is 0 Å². The molecule has 1 aliphatic rings. The highest BCUT2D eigenvalue weighted by atomic mass is 35.5. The maximum Gasteiger partial charge on any atom is 0.310 e. The Bertz CT molecular complexity index is 533. The number of carbonyl (C=O) groups excluding carboxylic acids is 1. The van der Waals surface area contributed by atoms with Crippen LogP contribution in [0.25, 0.3) is 0 Å². The lowest BCUT2D eigenvalue weighted by Crippen LogP contribution is -2.33. The van der Waals surface area contributed by atoms with Gasteiger partial charge in [0, 0.05) is 16.6 Å². The van der Waals surface area contributed by atoms with Crippen molar-refractivity contribution in [3.05, 3.63) is 46.5 Å². The van der Waals surface area contributed by atoms with Gasteiger partial charge in [0.25, 0.3) is 5.91 Å². The number of carbonyl (C=O) groups is 2. The summed E-state index contributed by atoms with van der Waals surface area (Å²) in [5, 5.41) is 12.2. The third kappa shape index (κ3) is 3.35. The maximum atomic E-state index is 12.0. The number of aryl methyl sites for hydroxylation is 1. The number of amides is 1. The molecule has 1 amide bonds. The molecule has 1 aromatic carbocycles. The highest BCUT2D eigenvalue weighted by Gasteiger charge is 2.25. The number of hydrogen-bond donors (Lipinski definition) is 2. The molecule has 0 saturated carbocycles. The fraction of sp³-hybridized carbons (Fsp3) is 0.286. The monoisotopic (exact) mass is 279 g/mol. The zero-order valence-electron chi connectivity index (χ0n) is 10.4. The van der Waals surface area contributed by atoms with Crippen LogP contribution < -0.4 is 5.32 Å². The van der Waals surface area contributed by atoms with Gasteiger partial charge < -0.3 is 10.4 Å². The number of benzene rings is 1. The van der Waals surface area contributed by atoms with E-state index in [0.717, 1.165) is 5.56 Å². The average Bonchev–Trinajstić information content (AvgIpc) is 2.76. The van der Waals surface area contributed by atoms with E-state index in [0.29, 0.717) is 17.0 Å². The van der Waals surface area contributed by atoms with Crippen LogP contribution >= 0.6 is 11.6 Å². The van der Waals surface area contributed by atoms with Gasteiger partial charge in [-0.1, -0.05) is 23.8 Å². The third-order valence-corrected chi connectivity index (χ3v) is 3.24. The molecular weight excluding hydrogens is 266 g/mol. The van der Waals surface area contributed by atoms with Crippen molar-refractivity contribution in [2.75, 3.05) is 0 Å². The fourth-order valence-electron chi connectivity index (χ4n) is 2.11. The Hall–Kier alpha value is -1.81. The normalized spacial score (nSPS) is 21.4. The van der Waals surface area contributed by atoms with Crippen LogP contribution in [0, 0.1) is 12.8 Å². The van der Waals surface area contributed by atoms with Crippen molar-refractivity contribution >= 4 is 23.5 Å². The van der Waals surface area contributed by atoms with Crippen LogP contribution in [0.5, 0.6) is 0 Å². The summed E-state index contributed by atoms with van der Waals surface area (Å²) in [5.74, 6) is -1.63. The van der Waals surface area contributed by atoms with Crippen molar-refractivity contribution in [2.24, 2.45) is 5.92 Å². The number of hydrogen-bond acceptors (Lipinski definition) is 2. The number of nitrogens with one attached hydrogen (secondary N) is 1. The first kappa shape index (κ1) is 13.6. The van der Waals surface area contributed by atoms with Crippen molar-refractivity contribution in [2.45, 2.75) is 19.4 Å². The average molecular weight is 280 g/mol. The van der Waals surface area contributed by atoms with Crippen molar-refractivity contribution in [3.8, 4) is 0 Å². The molecule has 1 aromatic rings. The molecule has 100 valence electrons. The molecule has 0 spiro atoms. The zero-order chi connectivity index (χ0) is 14.0. The molecule has 0 radical (unpaired) electrons. The van der Waals surface area contributed by atoms with E-state index in [1.54, 1.807) is 30.4 Å². The summed E-state index contributed by atoms with van der Waals surface area (Å²) in [6.45, 7) is 1.86. The van der Waals surface area contributed by atoms with Gasteiger partial charge in [-0.25, -0.2) is 0 Å². The van der Waals surface area contributed by atoms with Crippen LogP contribution in [0.15, 0.2) is 30.4 Å². The number of rotatable bonds is 3. The quantitative estimate of drug-likeness (QED) is 0.835. The molecule has 2 rings (SSSR count). The summed E-state index contributed by atoms with van der Waals surface area (Å²) < 4.78 is 0. The molecule has 0 bridgehead atoms. The first-order valence-electron chi connectivity index (χ1n) is 5.95. The molecule has 2 N–H and O–H groups in total. The summed E-state index contributed by atoms with van der Waals surface area (Å²) >= 11 is 5.90. The molecule has 1 aliphatic carbocycles. The van der Waals surface area contributed by atoms with E-state index in [1.807, 2.05) is 6.92 Å². The van der Waals surface area contributed by atoms with Crippen LogP contribution in [-0.2, 0) is 4.79 Å². The van der Waals surface area contributed by atoms with Crippen LogP contribution in [0.4, 0.5) is 0 Å². The fourth-order valence-corrected chi connectivity index (χ4v) is 2.40. The highest BCUT2D eigenvalue weighted by Crippen LogP contribution is 2.19. The Morgan fingerprint density at radius 3 is 2.63 bits per heavy atom. The minimum Gasteiger partial charge on any atom is -0.481 e. The minimum absolute atomic E-state index is 0.243.